The van der Waals surface area contributed by atoms with Gasteiger partial charge in [0.2, 0.25) is 0 Å². The number of aromatic nitrogens is 5. The number of para-hydroxylation sites is 1. The Morgan fingerprint density at radius 2 is 1.79 bits per heavy atom. The first-order valence-electron chi connectivity index (χ1n) is 9.18. The summed E-state index contributed by atoms with van der Waals surface area (Å²) in [5.74, 6) is 0.817. The Kier molecular flexibility index (Phi) is 5.62. The molecule has 0 radical (unpaired) electrons. The largest absolute Gasteiger partial charge is 0.303 e. The molecule has 0 amide bonds. The molecule has 0 atom stereocenters. The molecule has 2 aromatic heterocycles. The second-order valence-electron chi connectivity index (χ2n) is 6.96. The maximum atomic E-state index is 6.00. The van der Waals surface area contributed by atoms with Crippen molar-refractivity contribution in [1.29, 1.82) is 0 Å². The Labute approximate surface area is 179 Å². The maximum Gasteiger partial charge on any atom is 0.199 e. The lowest BCUT2D eigenvalue weighted by molar-refractivity contribution is 0.244. The van der Waals surface area contributed by atoms with E-state index in [4.69, 9.17) is 28.9 Å². The fourth-order valence-corrected chi connectivity index (χ4v) is 3.50. The van der Waals surface area contributed by atoms with E-state index in [1.165, 1.54) is 0 Å². The van der Waals surface area contributed by atoms with E-state index < -0.39 is 0 Å². The van der Waals surface area contributed by atoms with Crippen LogP contribution in [0.5, 0.6) is 0 Å². The van der Waals surface area contributed by atoms with Crippen LogP contribution in [0.4, 0.5) is 0 Å². The van der Waals surface area contributed by atoms with Gasteiger partial charge in [-0.25, -0.2) is 9.36 Å². The fourth-order valence-electron chi connectivity index (χ4n) is 3.18. The van der Waals surface area contributed by atoms with E-state index in [1.54, 1.807) is 0 Å². The molecule has 2 heterocycles. The molecule has 0 bridgehead atoms. The molecule has 0 fully saturated rings. The van der Waals surface area contributed by atoms with E-state index in [2.05, 4.69) is 10.00 Å². The molecule has 0 unspecified atom stereocenters. The Balaban J connectivity index is 1.48. The van der Waals surface area contributed by atoms with E-state index in [1.807, 2.05) is 95.0 Å². The lowest BCUT2D eigenvalue weighted by Gasteiger charge is -2.15. The third-order valence-corrected chi connectivity index (χ3v) is 5.36. The summed E-state index contributed by atoms with van der Waals surface area (Å²) in [7, 11) is 3.97. The van der Waals surface area contributed by atoms with Crippen LogP contribution in [-0.4, -0.2) is 36.1 Å². The molecular weight excluding hydrogens is 404 g/mol. The number of hydrogen-bond acceptors (Lipinski definition) is 4. The molecule has 4 aromatic rings. The highest BCUT2D eigenvalue weighted by Crippen LogP contribution is 2.20. The third kappa shape index (κ3) is 4.32. The van der Waals surface area contributed by atoms with Gasteiger partial charge in [-0.1, -0.05) is 29.8 Å². The van der Waals surface area contributed by atoms with E-state index in [9.17, 15) is 0 Å². The second-order valence-corrected chi connectivity index (χ2v) is 7.76. The van der Waals surface area contributed by atoms with Crippen molar-refractivity contribution in [2.24, 2.45) is 7.05 Å². The zero-order chi connectivity index (χ0) is 20.4. The molecule has 4 rings (SSSR count). The van der Waals surface area contributed by atoms with Crippen LogP contribution in [0.15, 0.2) is 67.0 Å². The monoisotopic (exact) mass is 424 g/mol. The standard InChI is InChI=1S/C21H21ClN6S/c1-25(13-16-12-23-27(14-16)19-6-4-3-5-7-19)15-28-21(29)26(2)20(24-28)17-8-10-18(22)11-9-17/h3-12,14H,13,15H2,1-2H3. The Hall–Kier alpha value is -2.74. The van der Waals surface area contributed by atoms with E-state index in [-0.39, 0.29) is 0 Å². The number of rotatable bonds is 6. The van der Waals surface area contributed by atoms with Crippen molar-refractivity contribution in [3.05, 3.63) is 82.3 Å². The molecule has 0 saturated heterocycles. The molecule has 0 N–H and O–H groups in total. The third-order valence-electron chi connectivity index (χ3n) is 4.63. The Bertz CT molecular complexity index is 1160. The highest BCUT2D eigenvalue weighted by Gasteiger charge is 2.12. The van der Waals surface area contributed by atoms with Gasteiger partial charge < -0.3 is 4.57 Å². The van der Waals surface area contributed by atoms with Gasteiger partial charge in [0.1, 0.15) is 0 Å². The zero-order valence-electron chi connectivity index (χ0n) is 16.2. The van der Waals surface area contributed by atoms with Gasteiger partial charge >= 0.3 is 0 Å². The zero-order valence-corrected chi connectivity index (χ0v) is 17.8. The average Bonchev–Trinajstić information content (AvgIpc) is 3.30. The summed E-state index contributed by atoms with van der Waals surface area (Å²) in [5.41, 5.74) is 3.14. The van der Waals surface area contributed by atoms with Crippen LogP contribution in [0.25, 0.3) is 17.1 Å². The minimum absolute atomic E-state index is 0.580. The maximum absolute atomic E-state index is 6.00. The van der Waals surface area contributed by atoms with Crippen LogP contribution >= 0.6 is 23.8 Å². The minimum atomic E-state index is 0.580. The van der Waals surface area contributed by atoms with Crippen molar-refractivity contribution >= 4 is 23.8 Å². The Morgan fingerprint density at radius 3 is 2.52 bits per heavy atom. The van der Waals surface area contributed by atoms with Gasteiger partial charge in [0, 0.05) is 35.9 Å². The fraction of sp³-hybridized carbons (Fsp3) is 0.190. The number of hydrogen-bond donors (Lipinski definition) is 0. The Morgan fingerprint density at radius 1 is 1.07 bits per heavy atom. The summed E-state index contributed by atoms with van der Waals surface area (Å²) < 4.78 is 6.30. The van der Waals surface area contributed by atoms with Crippen LogP contribution in [0.1, 0.15) is 5.56 Å². The number of benzene rings is 2. The van der Waals surface area contributed by atoms with Crippen LogP contribution in [-0.2, 0) is 20.3 Å². The summed E-state index contributed by atoms with van der Waals surface area (Å²) in [6.45, 7) is 1.32. The van der Waals surface area contributed by atoms with Gasteiger partial charge in [-0.3, -0.25) is 4.90 Å². The first-order chi connectivity index (χ1) is 14.0. The molecular formula is C21H21ClN6S. The van der Waals surface area contributed by atoms with E-state index in [0.717, 1.165) is 29.2 Å². The lowest BCUT2D eigenvalue weighted by Crippen LogP contribution is -2.22. The second kappa shape index (κ2) is 8.32. The SMILES string of the molecule is CN(Cc1cnn(-c2ccccc2)c1)Cn1nc(-c2ccc(Cl)cc2)n(C)c1=S. The molecule has 0 aliphatic rings. The predicted molar refractivity (Wildman–Crippen MR) is 118 cm³/mol. The average molecular weight is 425 g/mol. The predicted octanol–water partition coefficient (Wildman–Crippen LogP) is 4.55. The number of halogens is 1. The lowest BCUT2D eigenvalue weighted by atomic mass is 10.2. The molecule has 8 heteroatoms. The smallest absolute Gasteiger partial charge is 0.199 e. The van der Waals surface area contributed by atoms with Gasteiger partial charge in [-0.05, 0) is 55.7 Å². The molecule has 29 heavy (non-hydrogen) atoms. The number of nitrogens with zero attached hydrogens (tertiary/aromatic N) is 6. The molecule has 2 aromatic carbocycles. The molecule has 0 saturated carbocycles. The summed E-state index contributed by atoms with van der Waals surface area (Å²) in [6.07, 6.45) is 3.93. The summed E-state index contributed by atoms with van der Waals surface area (Å²) in [6, 6.07) is 17.7. The van der Waals surface area contributed by atoms with Gasteiger partial charge in [0.25, 0.3) is 0 Å². The molecule has 0 aliphatic heterocycles. The molecule has 148 valence electrons. The van der Waals surface area contributed by atoms with Crippen molar-refractivity contribution in [2.75, 3.05) is 7.05 Å². The van der Waals surface area contributed by atoms with Gasteiger partial charge in [-0.15, -0.1) is 0 Å². The van der Waals surface area contributed by atoms with Crippen molar-refractivity contribution in [1.82, 2.24) is 29.0 Å². The van der Waals surface area contributed by atoms with Crippen molar-refractivity contribution in [2.45, 2.75) is 13.2 Å². The van der Waals surface area contributed by atoms with Crippen LogP contribution in [0, 0.1) is 4.77 Å². The van der Waals surface area contributed by atoms with Gasteiger partial charge in [-0.2, -0.15) is 10.2 Å². The highest BCUT2D eigenvalue weighted by molar-refractivity contribution is 7.71. The minimum Gasteiger partial charge on any atom is -0.303 e. The topological polar surface area (TPSA) is 43.8 Å². The quantitative estimate of drug-likeness (QED) is 0.426. The van der Waals surface area contributed by atoms with Crippen molar-refractivity contribution in [3.8, 4) is 17.1 Å². The normalized spacial score (nSPS) is 11.3. The first-order valence-corrected chi connectivity index (χ1v) is 9.97. The van der Waals surface area contributed by atoms with Crippen LogP contribution < -0.4 is 0 Å². The van der Waals surface area contributed by atoms with Gasteiger partial charge in [0.15, 0.2) is 10.6 Å². The van der Waals surface area contributed by atoms with Crippen molar-refractivity contribution in [3.63, 3.8) is 0 Å². The summed E-state index contributed by atoms with van der Waals surface area (Å²) in [4.78, 5) is 2.15. The molecule has 6 nitrogen and oxygen atoms in total. The van der Waals surface area contributed by atoms with Gasteiger partial charge in [0.05, 0.1) is 18.6 Å². The summed E-state index contributed by atoms with van der Waals surface area (Å²) >= 11 is 11.6. The van der Waals surface area contributed by atoms with E-state index >= 15 is 0 Å². The first kappa shape index (κ1) is 19.6. The van der Waals surface area contributed by atoms with Crippen LogP contribution in [0.2, 0.25) is 5.02 Å². The molecule has 0 spiro atoms. The molecule has 0 aliphatic carbocycles. The highest BCUT2D eigenvalue weighted by atomic mass is 35.5. The van der Waals surface area contributed by atoms with Crippen molar-refractivity contribution < 1.29 is 0 Å². The summed E-state index contributed by atoms with van der Waals surface area (Å²) in [5, 5.41) is 9.87. The van der Waals surface area contributed by atoms with E-state index in [0.29, 0.717) is 16.5 Å². The van der Waals surface area contributed by atoms with Crippen LogP contribution in [0.3, 0.4) is 0 Å².